The summed E-state index contributed by atoms with van der Waals surface area (Å²) >= 11 is 0. The van der Waals surface area contributed by atoms with Gasteiger partial charge < -0.3 is 10.1 Å². The quantitative estimate of drug-likeness (QED) is 0.497. The third-order valence-electron chi connectivity index (χ3n) is 4.69. The lowest BCUT2D eigenvalue weighted by Crippen LogP contribution is -2.13. The van der Waals surface area contributed by atoms with Gasteiger partial charge in [-0.05, 0) is 48.9 Å². The highest BCUT2D eigenvalue weighted by Crippen LogP contribution is 2.28. The van der Waals surface area contributed by atoms with Crippen molar-refractivity contribution in [1.82, 2.24) is 9.78 Å². The number of ether oxygens (including phenoxy) is 1. The van der Waals surface area contributed by atoms with Crippen molar-refractivity contribution in [3.63, 3.8) is 0 Å². The molecule has 0 aliphatic rings. The Morgan fingerprint density at radius 3 is 2.60 bits per heavy atom. The standard InChI is InChI=1S/C24H20FN3O2/c1-16-11-12-21(25)22(13-16)26-24(29)20-15-28(18-8-4-3-5-9-18)27-23(20)17-7-6-10-19(14-17)30-2/h3-15H,1-2H3,(H,26,29). The van der Waals surface area contributed by atoms with Gasteiger partial charge in [-0.3, -0.25) is 4.79 Å². The van der Waals surface area contributed by atoms with Gasteiger partial charge in [0.1, 0.15) is 17.3 Å². The average Bonchev–Trinajstić information content (AvgIpc) is 3.23. The first-order valence-corrected chi connectivity index (χ1v) is 9.42. The van der Waals surface area contributed by atoms with Crippen molar-refractivity contribution in [3.8, 4) is 22.7 Å². The molecule has 0 atom stereocenters. The van der Waals surface area contributed by atoms with E-state index in [-0.39, 0.29) is 5.69 Å². The summed E-state index contributed by atoms with van der Waals surface area (Å²) in [6, 6.07) is 21.4. The fraction of sp³-hybridized carbons (Fsp3) is 0.0833. The number of anilines is 1. The number of aryl methyl sites for hydroxylation is 1. The van der Waals surface area contributed by atoms with Gasteiger partial charge in [0.05, 0.1) is 24.0 Å². The molecule has 0 saturated heterocycles. The van der Waals surface area contributed by atoms with Crippen molar-refractivity contribution in [1.29, 1.82) is 0 Å². The monoisotopic (exact) mass is 401 g/mol. The van der Waals surface area contributed by atoms with E-state index in [1.54, 1.807) is 30.1 Å². The summed E-state index contributed by atoms with van der Waals surface area (Å²) in [6.07, 6.45) is 1.65. The molecule has 0 spiro atoms. The summed E-state index contributed by atoms with van der Waals surface area (Å²) in [7, 11) is 1.58. The Kier molecular flexibility index (Phi) is 5.30. The number of amides is 1. The normalized spacial score (nSPS) is 10.6. The van der Waals surface area contributed by atoms with E-state index < -0.39 is 11.7 Å². The zero-order valence-electron chi connectivity index (χ0n) is 16.6. The highest BCUT2D eigenvalue weighted by Gasteiger charge is 2.20. The van der Waals surface area contributed by atoms with Gasteiger partial charge in [-0.2, -0.15) is 5.10 Å². The Morgan fingerprint density at radius 2 is 1.83 bits per heavy atom. The number of hydrogen-bond donors (Lipinski definition) is 1. The van der Waals surface area contributed by atoms with E-state index in [2.05, 4.69) is 10.4 Å². The van der Waals surface area contributed by atoms with Crippen molar-refractivity contribution in [2.24, 2.45) is 0 Å². The minimum atomic E-state index is -0.493. The highest BCUT2D eigenvalue weighted by molar-refractivity contribution is 6.08. The molecular weight excluding hydrogens is 381 g/mol. The fourth-order valence-electron chi connectivity index (χ4n) is 3.16. The minimum absolute atomic E-state index is 0.129. The Morgan fingerprint density at radius 1 is 1.03 bits per heavy atom. The van der Waals surface area contributed by atoms with Crippen LogP contribution >= 0.6 is 0 Å². The van der Waals surface area contributed by atoms with Crippen LogP contribution < -0.4 is 10.1 Å². The molecule has 0 saturated carbocycles. The van der Waals surface area contributed by atoms with E-state index in [0.29, 0.717) is 17.0 Å². The fourth-order valence-corrected chi connectivity index (χ4v) is 3.16. The first kappa shape index (κ1) is 19.4. The van der Waals surface area contributed by atoms with Crippen LogP contribution in [-0.4, -0.2) is 22.8 Å². The van der Waals surface area contributed by atoms with Gasteiger partial charge in [0.25, 0.3) is 5.91 Å². The number of methoxy groups -OCH3 is 1. The number of rotatable bonds is 5. The molecule has 4 aromatic rings. The molecule has 0 radical (unpaired) electrons. The van der Waals surface area contributed by atoms with Gasteiger partial charge in [-0.15, -0.1) is 0 Å². The molecule has 1 aromatic heterocycles. The number of halogens is 1. The molecule has 3 aromatic carbocycles. The Balaban J connectivity index is 1.79. The molecular formula is C24H20FN3O2. The van der Waals surface area contributed by atoms with Crippen LogP contribution in [0.5, 0.6) is 5.75 Å². The summed E-state index contributed by atoms with van der Waals surface area (Å²) < 4.78 is 21.1. The summed E-state index contributed by atoms with van der Waals surface area (Å²) in [6.45, 7) is 1.84. The molecule has 0 aliphatic heterocycles. The number of benzene rings is 3. The number of para-hydroxylation sites is 1. The second kappa shape index (κ2) is 8.21. The smallest absolute Gasteiger partial charge is 0.259 e. The van der Waals surface area contributed by atoms with Crippen LogP contribution in [0.1, 0.15) is 15.9 Å². The Bertz CT molecular complexity index is 1200. The highest BCUT2D eigenvalue weighted by atomic mass is 19.1. The molecule has 0 aliphatic carbocycles. The van der Waals surface area contributed by atoms with Crippen LogP contribution in [0.2, 0.25) is 0 Å². The largest absolute Gasteiger partial charge is 0.497 e. The molecule has 0 unspecified atom stereocenters. The number of nitrogens with zero attached hydrogens (tertiary/aromatic N) is 2. The number of hydrogen-bond acceptors (Lipinski definition) is 3. The molecule has 6 heteroatoms. The third kappa shape index (κ3) is 3.93. The lowest BCUT2D eigenvalue weighted by atomic mass is 10.1. The maximum Gasteiger partial charge on any atom is 0.259 e. The maximum atomic E-state index is 14.2. The van der Waals surface area contributed by atoms with Crippen LogP contribution in [0.3, 0.4) is 0 Å². The molecule has 0 fully saturated rings. The van der Waals surface area contributed by atoms with Gasteiger partial charge >= 0.3 is 0 Å². The Hall–Kier alpha value is -3.93. The van der Waals surface area contributed by atoms with Crippen molar-refractivity contribution in [2.75, 3.05) is 12.4 Å². The lowest BCUT2D eigenvalue weighted by molar-refractivity contribution is 0.102. The van der Waals surface area contributed by atoms with Crippen LogP contribution in [0.4, 0.5) is 10.1 Å². The van der Waals surface area contributed by atoms with Crippen LogP contribution in [0.25, 0.3) is 16.9 Å². The predicted molar refractivity (Wildman–Crippen MR) is 115 cm³/mol. The second-order valence-electron chi connectivity index (χ2n) is 6.84. The molecule has 1 amide bonds. The minimum Gasteiger partial charge on any atom is -0.497 e. The second-order valence-corrected chi connectivity index (χ2v) is 6.84. The summed E-state index contributed by atoms with van der Waals surface area (Å²) in [5.41, 5.74) is 3.31. The lowest BCUT2D eigenvalue weighted by Gasteiger charge is -2.08. The zero-order chi connectivity index (χ0) is 21.1. The molecule has 30 heavy (non-hydrogen) atoms. The van der Waals surface area contributed by atoms with Crippen molar-refractivity contribution < 1.29 is 13.9 Å². The number of nitrogens with one attached hydrogen (secondary N) is 1. The number of carbonyl (C=O) groups excluding carboxylic acids is 1. The maximum absolute atomic E-state index is 14.2. The summed E-state index contributed by atoms with van der Waals surface area (Å²) in [5.74, 6) is -0.287. The van der Waals surface area contributed by atoms with E-state index in [4.69, 9.17) is 4.74 Å². The van der Waals surface area contributed by atoms with E-state index >= 15 is 0 Å². The molecule has 0 bridgehead atoms. The Labute approximate surface area is 173 Å². The van der Waals surface area contributed by atoms with Crippen molar-refractivity contribution in [3.05, 3.63) is 95.9 Å². The molecule has 1 heterocycles. The van der Waals surface area contributed by atoms with E-state index in [0.717, 1.165) is 16.8 Å². The zero-order valence-corrected chi connectivity index (χ0v) is 16.6. The van der Waals surface area contributed by atoms with Gasteiger partial charge in [-0.1, -0.05) is 36.4 Å². The SMILES string of the molecule is COc1cccc(-c2nn(-c3ccccc3)cc2C(=O)Nc2cc(C)ccc2F)c1. The average molecular weight is 401 g/mol. The predicted octanol–water partition coefficient (Wildman–Crippen LogP) is 5.25. The van der Waals surface area contributed by atoms with Crippen LogP contribution in [0, 0.1) is 12.7 Å². The summed E-state index contributed by atoms with van der Waals surface area (Å²) in [4.78, 5) is 13.1. The van der Waals surface area contributed by atoms with Gasteiger partial charge in [0.15, 0.2) is 0 Å². The molecule has 5 nitrogen and oxygen atoms in total. The van der Waals surface area contributed by atoms with Gasteiger partial charge in [0.2, 0.25) is 0 Å². The third-order valence-corrected chi connectivity index (χ3v) is 4.69. The first-order valence-electron chi connectivity index (χ1n) is 9.42. The number of carbonyl (C=O) groups is 1. The first-order chi connectivity index (χ1) is 14.5. The van der Waals surface area contributed by atoms with Crippen molar-refractivity contribution in [2.45, 2.75) is 6.92 Å². The van der Waals surface area contributed by atoms with Gasteiger partial charge in [-0.25, -0.2) is 9.07 Å². The van der Waals surface area contributed by atoms with E-state index in [1.807, 2.05) is 61.5 Å². The van der Waals surface area contributed by atoms with E-state index in [1.165, 1.54) is 6.07 Å². The molecule has 1 N–H and O–H groups in total. The van der Waals surface area contributed by atoms with Gasteiger partial charge in [0, 0.05) is 11.8 Å². The topological polar surface area (TPSA) is 56.2 Å². The summed E-state index contributed by atoms with van der Waals surface area (Å²) in [5, 5.41) is 7.31. The van der Waals surface area contributed by atoms with Crippen molar-refractivity contribution >= 4 is 11.6 Å². The number of aromatic nitrogens is 2. The molecule has 150 valence electrons. The molecule has 4 rings (SSSR count). The van der Waals surface area contributed by atoms with Crippen LogP contribution in [0.15, 0.2) is 79.0 Å². The van der Waals surface area contributed by atoms with E-state index in [9.17, 15) is 9.18 Å². The van der Waals surface area contributed by atoms with Crippen LogP contribution in [-0.2, 0) is 0 Å².